The molecular formula is C16H26N2O. The zero-order valence-electron chi connectivity index (χ0n) is 12.1. The molecule has 1 aromatic rings. The Hall–Kier alpha value is -1.35. The van der Waals surface area contributed by atoms with Crippen LogP contribution in [0.15, 0.2) is 30.3 Å². The van der Waals surface area contributed by atoms with E-state index < -0.39 is 0 Å². The second-order valence-electron chi connectivity index (χ2n) is 5.08. The Labute approximate surface area is 116 Å². The molecule has 0 bridgehead atoms. The summed E-state index contributed by atoms with van der Waals surface area (Å²) in [6.45, 7) is 6.30. The minimum atomic E-state index is 0.0683. The summed E-state index contributed by atoms with van der Waals surface area (Å²) in [7, 11) is 0. The van der Waals surface area contributed by atoms with Crippen molar-refractivity contribution in [1.29, 1.82) is 0 Å². The van der Waals surface area contributed by atoms with E-state index in [4.69, 9.17) is 5.73 Å². The topological polar surface area (TPSA) is 46.3 Å². The Morgan fingerprint density at radius 2 is 2.00 bits per heavy atom. The second kappa shape index (κ2) is 8.70. The molecule has 2 N–H and O–H groups in total. The first-order valence-electron chi connectivity index (χ1n) is 7.21. The van der Waals surface area contributed by atoms with Crippen molar-refractivity contribution in [3.8, 4) is 0 Å². The highest BCUT2D eigenvalue weighted by molar-refractivity contribution is 5.78. The Kier molecular flexibility index (Phi) is 7.19. The van der Waals surface area contributed by atoms with Crippen molar-refractivity contribution in [1.82, 2.24) is 4.90 Å². The molecule has 19 heavy (non-hydrogen) atoms. The SMILES string of the molecule is CCCN(Cc1ccccc1)C(=O)C(C)CCCN. The third-order valence-electron chi connectivity index (χ3n) is 3.28. The number of hydrogen-bond acceptors (Lipinski definition) is 2. The molecule has 1 atom stereocenters. The maximum atomic E-state index is 12.4. The van der Waals surface area contributed by atoms with Crippen molar-refractivity contribution in [2.75, 3.05) is 13.1 Å². The maximum Gasteiger partial charge on any atom is 0.225 e. The van der Waals surface area contributed by atoms with Crippen molar-refractivity contribution in [2.24, 2.45) is 11.7 Å². The van der Waals surface area contributed by atoms with E-state index in [0.29, 0.717) is 13.1 Å². The Morgan fingerprint density at radius 3 is 2.58 bits per heavy atom. The third kappa shape index (κ3) is 5.43. The molecule has 1 rings (SSSR count). The van der Waals surface area contributed by atoms with Crippen LogP contribution in [0, 0.1) is 5.92 Å². The Balaban J connectivity index is 2.63. The highest BCUT2D eigenvalue weighted by Gasteiger charge is 2.19. The molecule has 0 heterocycles. The fourth-order valence-corrected chi connectivity index (χ4v) is 2.20. The van der Waals surface area contributed by atoms with Gasteiger partial charge in [0.05, 0.1) is 0 Å². The zero-order valence-corrected chi connectivity index (χ0v) is 12.1. The van der Waals surface area contributed by atoms with Gasteiger partial charge in [0.25, 0.3) is 0 Å². The molecular weight excluding hydrogens is 236 g/mol. The summed E-state index contributed by atoms with van der Waals surface area (Å²) in [5.41, 5.74) is 6.70. The molecule has 0 aliphatic rings. The minimum absolute atomic E-state index is 0.0683. The molecule has 0 saturated heterocycles. The summed E-state index contributed by atoms with van der Waals surface area (Å²) in [5, 5.41) is 0. The lowest BCUT2D eigenvalue weighted by molar-refractivity contribution is -0.135. The van der Waals surface area contributed by atoms with Crippen LogP contribution in [0.5, 0.6) is 0 Å². The molecule has 0 radical (unpaired) electrons. The predicted molar refractivity (Wildman–Crippen MR) is 79.6 cm³/mol. The monoisotopic (exact) mass is 262 g/mol. The number of amides is 1. The van der Waals surface area contributed by atoms with Gasteiger partial charge in [-0.05, 0) is 31.4 Å². The molecule has 3 nitrogen and oxygen atoms in total. The standard InChI is InChI=1S/C16H26N2O/c1-3-12-18(13-15-9-5-4-6-10-15)16(19)14(2)8-7-11-17/h4-6,9-10,14H,3,7-8,11-13,17H2,1-2H3. The van der Waals surface area contributed by atoms with Gasteiger partial charge in [-0.3, -0.25) is 4.79 Å². The van der Waals surface area contributed by atoms with Gasteiger partial charge in [0, 0.05) is 19.0 Å². The number of nitrogens with two attached hydrogens (primary N) is 1. The molecule has 1 unspecified atom stereocenters. The van der Waals surface area contributed by atoms with Crippen LogP contribution in [-0.4, -0.2) is 23.9 Å². The molecule has 1 amide bonds. The van der Waals surface area contributed by atoms with E-state index in [1.165, 1.54) is 5.56 Å². The molecule has 0 aliphatic heterocycles. The van der Waals surface area contributed by atoms with Gasteiger partial charge in [-0.2, -0.15) is 0 Å². The highest BCUT2D eigenvalue weighted by Crippen LogP contribution is 2.13. The lowest BCUT2D eigenvalue weighted by Gasteiger charge is -2.25. The van der Waals surface area contributed by atoms with E-state index in [1.807, 2.05) is 30.0 Å². The van der Waals surface area contributed by atoms with Gasteiger partial charge in [0.15, 0.2) is 0 Å². The quantitative estimate of drug-likeness (QED) is 0.783. The molecule has 0 saturated carbocycles. The summed E-state index contributed by atoms with van der Waals surface area (Å²) >= 11 is 0. The fraction of sp³-hybridized carbons (Fsp3) is 0.562. The van der Waals surface area contributed by atoms with Gasteiger partial charge in [-0.1, -0.05) is 44.2 Å². The number of benzene rings is 1. The van der Waals surface area contributed by atoms with Gasteiger partial charge in [-0.25, -0.2) is 0 Å². The Morgan fingerprint density at radius 1 is 1.32 bits per heavy atom. The highest BCUT2D eigenvalue weighted by atomic mass is 16.2. The van der Waals surface area contributed by atoms with Crippen LogP contribution >= 0.6 is 0 Å². The molecule has 106 valence electrons. The van der Waals surface area contributed by atoms with Crippen LogP contribution < -0.4 is 5.73 Å². The first-order valence-corrected chi connectivity index (χ1v) is 7.21. The maximum absolute atomic E-state index is 12.4. The van der Waals surface area contributed by atoms with Gasteiger partial charge >= 0.3 is 0 Å². The van der Waals surface area contributed by atoms with Crippen molar-refractivity contribution in [3.63, 3.8) is 0 Å². The summed E-state index contributed by atoms with van der Waals surface area (Å²) in [4.78, 5) is 14.4. The second-order valence-corrected chi connectivity index (χ2v) is 5.08. The molecule has 0 fully saturated rings. The minimum Gasteiger partial charge on any atom is -0.338 e. The van der Waals surface area contributed by atoms with Crippen LogP contribution in [-0.2, 0) is 11.3 Å². The van der Waals surface area contributed by atoms with Crippen molar-refractivity contribution in [2.45, 2.75) is 39.7 Å². The van der Waals surface area contributed by atoms with E-state index in [-0.39, 0.29) is 11.8 Å². The summed E-state index contributed by atoms with van der Waals surface area (Å²) < 4.78 is 0. The average molecular weight is 262 g/mol. The number of carbonyl (C=O) groups is 1. The van der Waals surface area contributed by atoms with Gasteiger partial charge in [-0.15, -0.1) is 0 Å². The predicted octanol–water partition coefficient (Wildman–Crippen LogP) is 2.80. The van der Waals surface area contributed by atoms with Crippen LogP contribution in [0.2, 0.25) is 0 Å². The van der Waals surface area contributed by atoms with E-state index in [1.54, 1.807) is 0 Å². The van der Waals surface area contributed by atoms with Crippen LogP contribution in [0.25, 0.3) is 0 Å². The zero-order chi connectivity index (χ0) is 14.1. The summed E-state index contributed by atoms with van der Waals surface area (Å²) in [6.07, 6.45) is 2.78. The smallest absolute Gasteiger partial charge is 0.225 e. The van der Waals surface area contributed by atoms with Crippen molar-refractivity contribution < 1.29 is 4.79 Å². The van der Waals surface area contributed by atoms with E-state index in [9.17, 15) is 4.79 Å². The average Bonchev–Trinajstić information content (AvgIpc) is 2.44. The first-order chi connectivity index (χ1) is 9.19. The van der Waals surface area contributed by atoms with Crippen LogP contribution in [0.3, 0.4) is 0 Å². The lowest BCUT2D eigenvalue weighted by Crippen LogP contribution is -2.35. The number of carbonyl (C=O) groups excluding carboxylic acids is 1. The summed E-state index contributed by atoms with van der Waals surface area (Å²) in [5.74, 6) is 0.318. The van der Waals surface area contributed by atoms with Crippen molar-refractivity contribution in [3.05, 3.63) is 35.9 Å². The summed E-state index contributed by atoms with van der Waals surface area (Å²) in [6, 6.07) is 10.2. The first kappa shape index (κ1) is 15.7. The van der Waals surface area contributed by atoms with Crippen LogP contribution in [0.4, 0.5) is 0 Å². The van der Waals surface area contributed by atoms with E-state index >= 15 is 0 Å². The number of hydrogen-bond donors (Lipinski definition) is 1. The van der Waals surface area contributed by atoms with Gasteiger partial charge in [0.1, 0.15) is 0 Å². The number of nitrogens with zero attached hydrogens (tertiary/aromatic N) is 1. The van der Waals surface area contributed by atoms with Crippen molar-refractivity contribution >= 4 is 5.91 Å². The van der Waals surface area contributed by atoms with E-state index in [2.05, 4.69) is 19.1 Å². The van der Waals surface area contributed by atoms with Gasteiger partial charge < -0.3 is 10.6 Å². The molecule has 0 aromatic heterocycles. The van der Waals surface area contributed by atoms with Gasteiger partial charge in [0.2, 0.25) is 5.91 Å². The Bertz CT molecular complexity index is 364. The molecule has 3 heteroatoms. The lowest BCUT2D eigenvalue weighted by atomic mass is 10.0. The largest absolute Gasteiger partial charge is 0.338 e. The van der Waals surface area contributed by atoms with Crippen LogP contribution in [0.1, 0.15) is 38.7 Å². The molecule has 0 aliphatic carbocycles. The number of rotatable bonds is 8. The molecule has 1 aromatic carbocycles. The molecule has 0 spiro atoms. The normalized spacial score (nSPS) is 12.2. The van der Waals surface area contributed by atoms with E-state index in [0.717, 1.165) is 25.8 Å². The third-order valence-corrected chi connectivity index (χ3v) is 3.28. The fourth-order valence-electron chi connectivity index (χ4n) is 2.20.